The molecule has 4 rings (SSSR count). The van der Waals surface area contributed by atoms with Gasteiger partial charge in [0.15, 0.2) is 6.61 Å². The fourth-order valence-corrected chi connectivity index (χ4v) is 4.51. The second kappa shape index (κ2) is 7.55. The number of hydrogen-bond donors (Lipinski definition) is 0. The normalized spacial score (nSPS) is 23.0. The number of ether oxygens (including phenoxy) is 1. The highest BCUT2D eigenvalue weighted by Gasteiger charge is 2.61. The van der Waals surface area contributed by atoms with E-state index in [1.807, 2.05) is 6.92 Å². The average Bonchev–Trinajstić information content (AvgIpc) is 3.33. The van der Waals surface area contributed by atoms with Crippen LogP contribution >= 0.6 is 0 Å². The minimum absolute atomic E-state index is 0.0789. The van der Waals surface area contributed by atoms with Gasteiger partial charge in [0.1, 0.15) is 0 Å². The van der Waals surface area contributed by atoms with Crippen molar-refractivity contribution in [3.63, 3.8) is 0 Å². The minimum atomic E-state index is -1.62. The van der Waals surface area contributed by atoms with Crippen LogP contribution in [0, 0.1) is 0 Å². The van der Waals surface area contributed by atoms with Gasteiger partial charge in [0.25, 0.3) is 11.8 Å². The minimum Gasteiger partial charge on any atom is -0.452 e. The zero-order valence-electron chi connectivity index (χ0n) is 16.8. The summed E-state index contributed by atoms with van der Waals surface area (Å²) >= 11 is 0. The number of anilines is 1. The highest BCUT2D eigenvalue weighted by Crippen LogP contribution is 2.45. The molecule has 0 aromatic heterocycles. The lowest BCUT2D eigenvalue weighted by Gasteiger charge is -2.48. The number of amides is 4. The molecule has 3 aliphatic rings. The van der Waals surface area contributed by atoms with E-state index in [1.54, 1.807) is 24.3 Å². The molecule has 30 heavy (non-hydrogen) atoms. The third kappa shape index (κ3) is 2.88. The Morgan fingerprint density at radius 2 is 1.87 bits per heavy atom. The van der Waals surface area contributed by atoms with Crippen LogP contribution in [0.15, 0.2) is 24.3 Å². The zero-order valence-corrected chi connectivity index (χ0v) is 16.8. The highest BCUT2D eigenvalue weighted by atomic mass is 16.5. The molecule has 0 aliphatic carbocycles. The highest BCUT2D eigenvalue weighted by molar-refractivity contribution is 6.15. The van der Waals surface area contributed by atoms with Gasteiger partial charge in [-0.15, -0.1) is 0 Å². The van der Waals surface area contributed by atoms with Gasteiger partial charge < -0.3 is 9.64 Å². The van der Waals surface area contributed by atoms with Gasteiger partial charge in [0.2, 0.25) is 17.5 Å². The number of esters is 1. The number of rotatable bonds is 5. The van der Waals surface area contributed by atoms with E-state index in [4.69, 9.17) is 4.74 Å². The van der Waals surface area contributed by atoms with Gasteiger partial charge in [-0.05, 0) is 25.0 Å². The van der Waals surface area contributed by atoms with Crippen LogP contribution in [0.2, 0.25) is 0 Å². The molecule has 0 unspecified atom stereocenters. The van der Waals surface area contributed by atoms with Crippen LogP contribution in [0.3, 0.4) is 0 Å². The molecular weight excluding hydrogens is 390 g/mol. The fraction of sp³-hybridized carbons (Fsp3) is 0.476. The van der Waals surface area contributed by atoms with Crippen molar-refractivity contribution >= 4 is 35.3 Å². The van der Waals surface area contributed by atoms with Crippen LogP contribution in [0.25, 0.3) is 0 Å². The quantitative estimate of drug-likeness (QED) is 0.669. The molecule has 0 bridgehead atoms. The predicted octanol–water partition coefficient (Wildman–Crippen LogP) is 1.07. The summed E-state index contributed by atoms with van der Waals surface area (Å²) in [5.74, 6) is -2.35. The van der Waals surface area contributed by atoms with Crippen molar-refractivity contribution in [3.8, 4) is 0 Å². The maximum atomic E-state index is 13.3. The standard InChI is InChI=1S/C21H23N3O6/c1-2-11-23-19(28)14-6-3-4-7-15(14)24-17(26)9-10-21(23,24)20(29)30-13-18(27)22-12-5-8-16(22)25/h3-4,6-7H,2,5,8-13H2,1H3/t21-/m0/s1. The van der Waals surface area contributed by atoms with Crippen molar-refractivity contribution in [2.75, 3.05) is 24.6 Å². The van der Waals surface area contributed by atoms with E-state index in [2.05, 4.69) is 0 Å². The van der Waals surface area contributed by atoms with E-state index >= 15 is 0 Å². The predicted molar refractivity (Wildman–Crippen MR) is 104 cm³/mol. The largest absolute Gasteiger partial charge is 0.452 e. The number of carbonyl (C=O) groups is 5. The molecule has 0 saturated carbocycles. The number of imide groups is 1. The Morgan fingerprint density at radius 1 is 1.10 bits per heavy atom. The van der Waals surface area contributed by atoms with E-state index in [-0.39, 0.29) is 37.1 Å². The van der Waals surface area contributed by atoms with Gasteiger partial charge in [-0.3, -0.25) is 29.0 Å². The van der Waals surface area contributed by atoms with E-state index in [0.717, 1.165) is 4.90 Å². The molecule has 1 atom stereocenters. The molecular formula is C21H23N3O6. The molecule has 0 radical (unpaired) electrons. The molecule has 2 fully saturated rings. The van der Waals surface area contributed by atoms with Crippen molar-refractivity contribution in [1.29, 1.82) is 0 Å². The van der Waals surface area contributed by atoms with Crippen LogP contribution in [-0.2, 0) is 23.9 Å². The van der Waals surface area contributed by atoms with E-state index in [0.29, 0.717) is 37.1 Å². The van der Waals surface area contributed by atoms with Gasteiger partial charge in [0.05, 0.1) is 11.3 Å². The number of benzene rings is 1. The zero-order chi connectivity index (χ0) is 21.5. The first-order chi connectivity index (χ1) is 14.4. The number of likely N-dealkylation sites (tertiary alicyclic amines) is 1. The molecule has 3 heterocycles. The van der Waals surface area contributed by atoms with E-state index in [9.17, 15) is 24.0 Å². The summed E-state index contributed by atoms with van der Waals surface area (Å²) < 4.78 is 5.33. The van der Waals surface area contributed by atoms with Gasteiger partial charge in [0, 0.05) is 32.4 Å². The van der Waals surface area contributed by atoms with E-state index < -0.39 is 24.1 Å². The second-order valence-corrected chi connectivity index (χ2v) is 7.64. The van der Waals surface area contributed by atoms with Crippen molar-refractivity contribution in [3.05, 3.63) is 29.8 Å². The van der Waals surface area contributed by atoms with E-state index in [1.165, 1.54) is 9.80 Å². The average molecular weight is 413 g/mol. The number of para-hydroxylation sites is 1. The van der Waals surface area contributed by atoms with Crippen molar-refractivity contribution < 1.29 is 28.7 Å². The summed E-state index contributed by atoms with van der Waals surface area (Å²) in [6, 6.07) is 6.67. The first-order valence-corrected chi connectivity index (χ1v) is 10.2. The van der Waals surface area contributed by atoms with Crippen LogP contribution in [0.1, 0.15) is 49.4 Å². The summed E-state index contributed by atoms with van der Waals surface area (Å²) in [6.45, 7) is 1.82. The van der Waals surface area contributed by atoms with Gasteiger partial charge in [-0.2, -0.15) is 0 Å². The first kappa shape index (κ1) is 20.1. The Labute approximate surface area is 173 Å². The molecule has 1 aromatic rings. The molecule has 0 spiro atoms. The summed E-state index contributed by atoms with van der Waals surface area (Å²) in [6.07, 6.45) is 1.62. The fourth-order valence-electron chi connectivity index (χ4n) is 4.51. The molecule has 158 valence electrons. The van der Waals surface area contributed by atoms with Crippen LogP contribution in [0.5, 0.6) is 0 Å². The Bertz CT molecular complexity index is 944. The molecule has 3 aliphatic heterocycles. The SMILES string of the molecule is CCCN1C(=O)c2ccccc2N2C(=O)CC[C@]12C(=O)OCC(=O)N1CCCC1=O. The maximum Gasteiger partial charge on any atom is 0.354 e. The maximum absolute atomic E-state index is 13.3. The first-order valence-electron chi connectivity index (χ1n) is 10.2. The summed E-state index contributed by atoms with van der Waals surface area (Å²) in [7, 11) is 0. The summed E-state index contributed by atoms with van der Waals surface area (Å²) in [4.78, 5) is 67.2. The molecule has 9 heteroatoms. The smallest absolute Gasteiger partial charge is 0.354 e. The number of nitrogens with zero attached hydrogens (tertiary/aromatic N) is 3. The Hall–Kier alpha value is -3.23. The summed E-state index contributed by atoms with van der Waals surface area (Å²) in [5, 5.41) is 0. The van der Waals surface area contributed by atoms with Gasteiger partial charge in [-0.25, -0.2) is 4.79 Å². The van der Waals surface area contributed by atoms with Gasteiger partial charge in [-0.1, -0.05) is 19.1 Å². The van der Waals surface area contributed by atoms with Crippen molar-refractivity contribution in [2.45, 2.75) is 44.7 Å². The van der Waals surface area contributed by atoms with Crippen LogP contribution in [-0.4, -0.2) is 64.8 Å². The topological polar surface area (TPSA) is 104 Å². The molecule has 4 amide bonds. The van der Waals surface area contributed by atoms with Gasteiger partial charge >= 0.3 is 5.97 Å². The Morgan fingerprint density at radius 3 is 2.57 bits per heavy atom. The number of carbonyl (C=O) groups excluding carboxylic acids is 5. The molecule has 9 nitrogen and oxygen atoms in total. The van der Waals surface area contributed by atoms with Crippen molar-refractivity contribution in [1.82, 2.24) is 9.80 Å². The van der Waals surface area contributed by atoms with Crippen molar-refractivity contribution in [2.24, 2.45) is 0 Å². The molecule has 2 saturated heterocycles. The van der Waals surface area contributed by atoms with Crippen LogP contribution < -0.4 is 4.90 Å². The number of fused-ring (bicyclic) bond motifs is 3. The molecule has 0 N–H and O–H groups in total. The number of hydrogen-bond acceptors (Lipinski definition) is 6. The lowest BCUT2D eigenvalue weighted by atomic mass is 9.96. The van der Waals surface area contributed by atoms with Crippen LogP contribution in [0.4, 0.5) is 5.69 Å². The monoisotopic (exact) mass is 413 g/mol. The third-order valence-corrected chi connectivity index (χ3v) is 5.85. The lowest BCUT2D eigenvalue weighted by Crippen LogP contribution is -2.68. The second-order valence-electron chi connectivity index (χ2n) is 7.64. The Balaban J connectivity index is 1.67. The molecule has 1 aromatic carbocycles. The lowest BCUT2D eigenvalue weighted by molar-refractivity contribution is -0.163. The third-order valence-electron chi connectivity index (χ3n) is 5.85. The summed E-state index contributed by atoms with van der Waals surface area (Å²) in [5.41, 5.74) is -0.896. The Kier molecular flexibility index (Phi) is 5.05.